The van der Waals surface area contributed by atoms with Crippen LogP contribution in [0.1, 0.15) is 45.1 Å². The fourth-order valence-corrected chi connectivity index (χ4v) is 1.94. The number of hydrogen-bond acceptors (Lipinski definition) is 3. The van der Waals surface area contributed by atoms with E-state index in [4.69, 9.17) is 4.74 Å². The molecule has 0 radical (unpaired) electrons. The average Bonchev–Trinajstić information content (AvgIpc) is 2.37. The van der Waals surface area contributed by atoms with Crippen molar-refractivity contribution in [1.82, 2.24) is 10.3 Å². The van der Waals surface area contributed by atoms with E-state index in [2.05, 4.69) is 30.2 Å². The predicted molar refractivity (Wildman–Crippen MR) is 71.2 cm³/mol. The zero-order chi connectivity index (χ0) is 12.5. The van der Waals surface area contributed by atoms with Crippen molar-refractivity contribution >= 4 is 0 Å². The van der Waals surface area contributed by atoms with Crippen molar-refractivity contribution in [3.8, 4) is 5.88 Å². The maximum atomic E-state index is 5.04. The van der Waals surface area contributed by atoms with Crippen LogP contribution in [-0.4, -0.2) is 18.1 Å². The van der Waals surface area contributed by atoms with Crippen LogP contribution in [0.4, 0.5) is 0 Å². The number of methoxy groups -OCH3 is 1. The molecule has 96 valence electrons. The first-order valence-electron chi connectivity index (χ1n) is 6.52. The molecule has 1 aromatic heterocycles. The lowest BCUT2D eigenvalue weighted by Gasteiger charge is -2.17. The van der Waals surface area contributed by atoms with Crippen molar-refractivity contribution in [3.63, 3.8) is 0 Å². The number of hydrogen-bond donors (Lipinski definition) is 1. The van der Waals surface area contributed by atoms with Gasteiger partial charge in [0.2, 0.25) is 5.88 Å². The zero-order valence-electron chi connectivity index (χ0n) is 11.2. The Morgan fingerprint density at radius 2 is 1.94 bits per heavy atom. The molecule has 0 unspecified atom stereocenters. The standard InChI is InChI=1S/C14H24N2O/c1-4-6-13(7-5-2)15-10-12-8-9-14(17-3)16-11-12/h8-9,11,13,15H,4-7,10H2,1-3H3. The fourth-order valence-electron chi connectivity index (χ4n) is 1.94. The van der Waals surface area contributed by atoms with E-state index in [1.165, 1.54) is 31.2 Å². The summed E-state index contributed by atoms with van der Waals surface area (Å²) < 4.78 is 5.04. The molecule has 1 heterocycles. The van der Waals surface area contributed by atoms with Crippen LogP contribution in [0.2, 0.25) is 0 Å². The molecule has 0 spiro atoms. The Labute approximate surface area is 105 Å². The van der Waals surface area contributed by atoms with E-state index in [-0.39, 0.29) is 0 Å². The molecule has 17 heavy (non-hydrogen) atoms. The van der Waals surface area contributed by atoms with Crippen molar-refractivity contribution in [1.29, 1.82) is 0 Å². The van der Waals surface area contributed by atoms with Crippen molar-refractivity contribution in [2.75, 3.05) is 7.11 Å². The van der Waals surface area contributed by atoms with E-state index < -0.39 is 0 Å². The molecule has 0 aliphatic carbocycles. The molecule has 1 N–H and O–H groups in total. The van der Waals surface area contributed by atoms with E-state index in [0.717, 1.165) is 6.54 Å². The molecule has 0 fully saturated rings. The number of nitrogens with zero attached hydrogens (tertiary/aromatic N) is 1. The lowest BCUT2D eigenvalue weighted by atomic mass is 10.1. The van der Waals surface area contributed by atoms with Gasteiger partial charge in [0.25, 0.3) is 0 Å². The minimum Gasteiger partial charge on any atom is -0.481 e. The number of pyridine rings is 1. The van der Waals surface area contributed by atoms with E-state index in [9.17, 15) is 0 Å². The largest absolute Gasteiger partial charge is 0.481 e. The van der Waals surface area contributed by atoms with Gasteiger partial charge in [0, 0.05) is 24.8 Å². The average molecular weight is 236 g/mol. The molecule has 0 saturated heterocycles. The maximum Gasteiger partial charge on any atom is 0.212 e. The van der Waals surface area contributed by atoms with Gasteiger partial charge in [-0.15, -0.1) is 0 Å². The minimum absolute atomic E-state index is 0.632. The third-order valence-corrected chi connectivity index (χ3v) is 2.88. The second-order valence-corrected chi connectivity index (χ2v) is 4.36. The monoisotopic (exact) mass is 236 g/mol. The highest BCUT2D eigenvalue weighted by molar-refractivity contribution is 5.17. The summed E-state index contributed by atoms with van der Waals surface area (Å²) in [4.78, 5) is 4.20. The van der Waals surface area contributed by atoms with Gasteiger partial charge in [-0.1, -0.05) is 32.8 Å². The highest BCUT2D eigenvalue weighted by Crippen LogP contribution is 2.09. The van der Waals surface area contributed by atoms with Gasteiger partial charge in [-0.25, -0.2) is 4.98 Å². The normalized spacial score (nSPS) is 10.8. The molecular formula is C14H24N2O. The highest BCUT2D eigenvalue weighted by atomic mass is 16.5. The Morgan fingerprint density at radius 3 is 2.41 bits per heavy atom. The topological polar surface area (TPSA) is 34.1 Å². The van der Waals surface area contributed by atoms with Crippen LogP contribution in [0, 0.1) is 0 Å². The van der Waals surface area contributed by atoms with Gasteiger partial charge < -0.3 is 10.1 Å². The maximum absolute atomic E-state index is 5.04. The van der Waals surface area contributed by atoms with Gasteiger partial charge in [0.05, 0.1) is 7.11 Å². The van der Waals surface area contributed by atoms with Crippen LogP contribution in [0.5, 0.6) is 5.88 Å². The summed E-state index contributed by atoms with van der Waals surface area (Å²) >= 11 is 0. The lowest BCUT2D eigenvalue weighted by Crippen LogP contribution is -2.28. The number of nitrogens with one attached hydrogen (secondary N) is 1. The van der Waals surface area contributed by atoms with Crippen LogP contribution in [0.3, 0.4) is 0 Å². The van der Waals surface area contributed by atoms with Gasteiger partial charge in [-0.05, 0) is 18.4 Å². The van der Waals surface area contributed by atoms with Crippen LogP contribution in [-0.2, 0) is 6.54 Å². The Kier molecular flexibility index (Phi) is 6.63. The van der Waals surface area contributed by atoms with Gasteiger partial charge in [-0.2, -0.15) is 0 Å². The van der Waals surface area contributed by atoms with Gasteiger partial charge in [-0.3, -0.25) is 0 Å². The zero-order valence-corrected chi connectivity index (χ0v) is 11.2. The number of ether oxygens (including phenoxy) is 1. The first-order valence-corrected chi connectivity index (χ1v) is 6.52. The Hall–Kier alpha value is -1.09. The van der Waals surface area contributed by atoms with Gasteiger partial charge >= 0.3 is 0 Å². The van der Waals surface area contributed by atoms with Crippen LogP contribution < -0.4 is 10.1 Å². The summed E-state index contributed by atoms with van der Waals surface area (Å²) in [6, 6.07) is 4.60. The van der Waals surface area contributed by atoms with Crippen LogP contribution >= 0.6 is 0 Å². The molecule has 0 atom stereocenters. The van der Waals surface area contributed by atoms with E-state index >= 15 is 0 Å². The molecule has 3 heteroatoms. The Bertz CT molecular complexity index is 292. The quantitative estimate of drug-likeness (QED) is 0.753. The van der Waals surface area contributed by atoms with Crippen LogP contribution in [0.25, 0.3) is 0 Å². The third kappa shape index (κ3) is 5.18. The molecule has 3 nitrogen and oxygen atoms in total. The second kappa shape index (κ2) is 8.07. The van der Waals surface area contributed by atoms with E-state index in [1.807, 2.05) is 12.3 Å². The number of aromatic nitrogens is 1. The summed E-state index contributed by atoms with van der Waals surface area (Å²) in [5, 5.41) is 3.59. The van der Waals surface area contributed by atoms with Gasteiger partial charge in [0.15, 0.2) is 0 Å². The molecule has 0 saturated carbocycles. The van der Waals surface area contributed by atoms with E-state index in [1.54, 1.807) is 7.11 Å². The lowest BCUT2D eigenvalue weighted by molar-refractivity contribution is 0.397. The predicted octanol–water partition coefficient (Wildman–Crippen LogP) is 3.15. The molecular weight excluding hydrogens is 212 g/mol. The van der Waals surface area contributed by atoms with Crippen molar-refractivity contribution in [2.24, 2.45) is 0 Å². The summed E-state index contributed by atoms with van der Waals surface area (Å²) in [6.45, 7) is 5.36. The minimum atomic E-state index is 0.632. The summed E-state index contributed by atoms with van der Waals surface area (Å²) in [7, 11) is 1.64. The van der Waals surface area contributed by atoms with Gasteiger partial charge in [0.1, 0.15) is 0 Å². The first kappa shape index (κ1) is 14.0. The SMILES string of the molecule is CCCC(CCC)NCc1ccc(OC)nc1. The highest BCUT2D eigenvalue weighted by Gasteiger charge is 2.05. The molecule has 0 aromatic carbocycles. The smallest absolute Gasteiger partial charge is 0.212 e. The van der Waals surface area contributed by atoms with Crippen molar-refractivity contribution < 1.29 is 4.74 Å². The second-order valence-electron chi connectivity index (χ2n) is 4.36. The molecule has 1 aromatic rings. The molecule has 0 aliphatic heterocycles. The van der Waals surface area contributed by atoms with E-state index in [0.29, 0.717) is 11.9 Å². The fraction of sp³-hybridized carbons (Fsp3) is 0.643. The Morgan fingerprint density at radius 1 is 1.24 bits per heavy atom. The van der Waals surface area contributed by atoms with Crippen LogP contribution in [0.15, 0.2) is 18.3 Å². The molecule has 1 rings (SSSR count). The number of rotatable bonds is 8. The Balaban J connectivity index is 2.41. The molecule has 0 amide bonds. The molecule has 0 bridgehead atoms. The van der Waals surface area contributed by atoms with Crippen molar-refractivity contribution in [3.05, 3.63) is 23.9 Å². The summed E-state index contributed by atoms with van der Waals surface area (Å²) in [6.07, 6.45) is 6.84. The first-order chi connectivity index (χ1) is 8.30. The molecule has 0 aliphatic rings. The summed E-state index contributed by atoms with van der Waals surface area (Å²) in [5.74, 6) is 0.674. The third-order valence-electron chi connectivity index (χ3n) is 2.88. The summed E-state index contributed by atoms with van der Waals surface area (Å²) in [5.41, 5.74) is 1.21. The van der Waals surface area contributed by atoms with Crippen molar-refractivity contribution in [2.45, 2.75) is 52.1 Å².